The molecule has 2 aliphatic heterocycles. The average molecular weight is 769 g/mol. The number of aromatic nitrogens is 4. The molecule has 288 valence electrons. The number of piperidine rings is 2. The molecule has 2 aromatic carbocycles. The van der Waals surface area contributed by atoms with E-state index in [-0.39, 0.29) is 36.0 Å². The molecule has 0 radical (unpaired) electrons. The van der Waals surface area contributed by atoms with E-state index in [1.165, 1.54) is 14.2 Å². The van der Waals surface area contributed by atoms with E-state index >= 15 is 0 Å². The van der Waals surface area contributed by atoms with Crippen LogP contribution in [0, 0.1) is 11.8 Å². The highest BCUT2D eigenvalue weighted by Crippen LogP contribution is 2.54. The second-order valence-electron chi connectivity index (χ2n) is 14.9. The van der Waals surface area contributed by atoms with Crippen molar-refractivity contribution in [1.29, 1.82) is 0 Å². The summed E-state index contributed by atoms with van der Waals surface area (Å²) in [5.74, 6) is 2.00. The van der Waals surface area contributed by atoms with Crippen molar-refractivity contribution in [2.75, 3.05) is 14.2 Å². The summed E-state index contributed by atoms with van der Waals surface area (Å²) in [6, 6.07) is 14.8. The van der Waals surface area contributed by atoms with Crippen molar-refractivity contribution in [2.45, 2.75) is 88.6 Å². The Morgan fingerprint density at radius 3 is 1.69 bits per heavy atom. The molecule has 4 aliphatic rings. The number of likely N-dealkylation sites (tertiary alicyclic amines) is 2. The Morgan fingerprint density at radius 2 is 1.20 bits per heavy atom. The Hall–Kier alpha value is -5.37. The summed E-state index contributed by atoms with van der Waals surface area (Å²) >= 11 is 6.70. The summed E-state index contributed by atoms with van der Waals surface area (Å²) in [5.41, 5.74) is 5.45. The Balaban J connectivity index is 0.941. The fourth-order valence-corrected chi connectivity index (χ4v) is 8.76. The van der Waals surface area contributed by atoms with Gasteiger partial charge in [-0.15, -0.1) is 0 Å². The van der Waals surface area contributed by atoms with E-state index in [4.69, 9.17) is 26.1 Å². The normalized spacial score (nSPS) is 24.4. The molecule has 0 unspecified atom stereocenters. The van der Waals surface area contributed by atoms with Gasteiger partial charge >= 0.3 is 12.2 Å². The van der Waals surface area contributed by atoms with Crippen LogP contribution in [0.15, 0.2) is 54.7 Å². The van der Waals surface area contributed by atoms with Gasteiger partial charge in [-0.1, -0.05) is 74.0 Å². The van der Waals surface area contributed by atoms with Gasteiger partial charge in [0.15, 0.2) is 5.15 Å². The maximum Gasteiger partial charge on any atom is 0.407 e. The predicted molar refractivity (Wildman–Crippen MR) is 203 cm³/mol. The summed E-state index contributed by atoms with van der Waals surface area (Å²) in [6.45, 7) is 3.73. The first-order valence-corrected chi connectivity index (χ1v) is 19.3. The second-order valence-corrected chi connectivity index (χ2v) is 15.3. The average Bonchev–Trinajstić information content (AvgIpc) is 3.85. The number of rotatable bonds is 11. The highest BCUT2D eigenvalue weighted by atomic mass is 35.5. The Kier molecular flexibility index (Phi) is 9.78. The molecule has 4 aromatic rings. The topological polar surface area (TPSA) is 175 Å². The van der Waals surface area contributed by atoms with E-state index in [9.17, 15) is 19.2 Å². The number of nitrogens with zero attached hydrogens (tertiary/aromatic N) is 4. The van der Waals surface area contributed by atoms with Gasteiger partial charge in [-0.3, -0.25) is 9.59 Å². The van der Waals surface area contributed by atoms with Crippen LogP contribution in [0.2, 0.25) is 5.15 Å². The molecule has 2 saturated carbocycles. The molecular formula is C40H45ClN8O6. The number of ether oxygens (including phenoxy) is 2. The smallest absolute Gasteiger partial charge is 0.407 e. The molecule has 15 heteroatoms. The van der Waals surface area contributed by atoms with Gasteiger partial charge in [0.05, 0.1) is 43.9 Å². The molecule has 2 saturated heterocycles. The summed E-state index contributed by atoms with van der Waals surface area (Å²) < 4.78 is 9.48. The van der Waals surface area contributed by atoms with Crippen LogP contribution >= 0.6 is 11.6 Å². The molecule has 8 rings (SSSR count). The van der Waals surface area contributed by atoms with Crippen molar-refractivity contribution in [3.8, 4) is 33.6 Å². The molecule has 2 aromatic heterocycles. The standard InChI is InChI=1S/C40H45ClN8O6/c1-5-26(44-39(52)54-3)37(50)48-29-15-24(29)17-31(48)35-42-19-28(43-35)22-11-7-20(8-12-22)21-9-13-23(14-10-21)33-34(41)47-36(46-33)32-18-25-16-30(25)49(32)38(51)27(6-2)45-40(53)55-4/h7-14,19,24-27,29-32H,5-6,15-18H2,1-4H3,(H,42,43)(H,44,52)(H,45,53)(H,46,47)/t24-,25-,26+,27+,29-,30-,31+,32+/m1/s1. The third-order valence-electron chi connectivity index (χ3n) is 11.7. The van der Waals surface area contributed by atoms with E-state index in [0.29, 0.717) is 41.3 Å². The van der Waals surface area contributed by atoms with Crippen LogP contribution in [0.25, 0.3) is 33.6 Å². The number of amides is 4. The number of carbonyl (C=O) groups is 4. The number of carbonyl (C=O) groups excluding carboxylic acids is 4. The van der Waals surface area contributed by atoms with Gasteiger partial charge in [0, 0.05) is 17.6 Å². The first-order chi connectivity index (χ1) is 26.6. The monoisotopic (exact) mass is 768 g/mol. The molecule has 2 aliphatic carbocycles. The highest BCUT2D eigenvalue weighted by molar-refractivity contribution is 6.31. The van der Waals surface area contributed by atoms with Crippen LogP contribution in [0.3, 0.4) is 0 Å². The Bertz CT molecular complexity index is 2100. The van der Waals surface area contributed by atoms with Crippen LogP contribution in [0.4, 0.5) is 9.59 Å². The van der Waals surface area contributed by atoms with Gasteiger partial charge in [0.25, 0.3) is 0 Å². The van der Waals surface area contributed by atoms with Crippen molar-refractivity contribution in [2.24, 2.45) is 11.8 Å². The Morgan fingerprint density at radius 1 is 0.727 bits per heavy atom. The SMILES string of the molecule is CC[C@H](NC(=O)OC)C(=O)N1[C@@H]2C[C@@H]2C[C@H]1c1ncc(-c2ccc(-c3ccc(-c4[nH]c([C@@H]5C[C@H]6C[C@H]6N5C(=O)[C@H](CC)NC(=O)OC)nc4Cl)cc3)cc2)[nH]1. The van der Waals surface area contributed by atoms with Gasteiger partial charge in [-0.25, -0.2) is 19.6 Å². The molecule has 0 spiro atoms. The van der Waals surface area contributed by atoms with E-state index < -0.39 is 24.3 Å². The fourth-order valence-electron chi connectivity index (χ4n) is 8.52. The van der Waals surface area contributed by atoms with Crippen molar-refractivity contribution in [3.05, 3.63) is 71.5 Å². The summed E-state index contributed by atoms with van der Waals surface area (Å²) in [6.07, 6.45) is 5.03. The van der Waals surface area contributed by atoms with E-state index in [1.807, 2.05) is 66.2 Å². The highest BCUT2D eigenvalue weighted by Gasteiger charge is 2.57. The van der Waals surface area contributed by atoms with Gasteiger partial charge < -0.3 is 39.9 Å². The van der Waals surface area contributed by atoms with Crippen LogP contribution in [-0.2, 0) is 19.1 Å². The maximum atomic E-state index is 13.6. The molecule has 4 heterocycles. The van der Waals surface area contributed by atoms with Gasteiger partial charge in [-0.2, -0.15) is 0 Å². The number of nitrogens with one attached hydrogen (secondary N) is 4. The van der Waals surface area contributed by atoms with Gasteiger partial charge in [0.2, 0.25) is 11.8 Å². The first kappa shape index (κ1) is 36.6. The maximum absolute atomic E-state index is 13.6. The zero-order valence-corrected chi connectivity index (χ0v) is 31.9. The predicted octanol–water partition coefficient (Wildman–Crippen LogP) is 6.38. The van der Waals surface area contributed by atoms with Crippen LogP contribution < -0.4 is 10.6 Å². The summed E-state index contributed by atoms with van der Waals surface area (Å²) in [4.78, 5) is 71.0. The van der Waals surface area contributed by atoms with Crippen LogP contribution in [-0.4, -0.2) is 92.1 Å². The largest absolute Gasteiger partial charge is 0.453 e. The third-order valence-corrected chi connectivity index (χ3v) is 12.0. The molecular weight excluding hydrogens is 724 g/mol. The number of aromatic amines is 2. The number of methoxy groups -OCH3 is 2. The van der Waals surface area contributed by atoms with E-state index in [2.05, 4.69) is 37.7 Å². The lowest BCUT2D eigenvalue weighted by Gasteiger charge is -2.30. The number of hydrogen-bond donors (Lipinski definition) is 4. The second kappa shape index (κ2) is 14.7. The number of halogens is 1. The van der Waals surface area contributed by atoms with Gasteiger partial charge in [-0.05, 0) is 67.1 Å². The number of imidazole rings is 2. The zero-order valence-electron chi connectivity index (χ0n) is 31.2. The number of H-pyrrole nitrogens is 2. The number of alkyl carbamates (subject to hydrolysis) is 2. The van der Waals surface area contributed by atoms with E-state index in [1.54, 1.807) is 0 Å². The molecule has 55 heavy (non-hydrogen) atoms. The van der Waals surface area contributed by atoms with Crippen LogP contribution in [0.1, 0.15) is 76.1 Å². The lowest BCUT2D eigenvalue weighted by Crippen LogP contribution is -2.49. The number of benzene rings is 2. The minimum atomic E-state index is -0.680. The fraction of sp³-hybridized carbons (Fsp3) is 0.450. The van der Waals surface area contributed by atoms with Crippen molar-refractivity contribution >= 4 is 35.6 Å². The van der Waals surface area contributed by atoms with Crippen molar-refractivity contribution < 1.29 is 28.7 Å². The quantitative estimate of drug-likeness (QED) is 0.136. The summed E-state index contributed by atoms with van der Waals surface area (Å²) in [7, 11) is 2.58. The van der Waals surface area contributed by atoms with E-state index in [0.717, 1.165) is 59.5 Å². The molecule has 4 N–H and O–H groups in total. The van der Waals surface area contributed by atoms with Crippen molar-refractivity contribution in [3.63, 3.8) is 0 Å². The molecule has 4 fully saturated rings. The third kappa shape index (κ3) is 6.92. The first-order valence-electron chi connectivity index (χ1n) is 19.0. The van der Waals surface area contributed by atoms with Crippen molar-refractivity contribution in [1.82, 2.24) is 40.4 Å². The number of fused-ring (bicyclic) bond motifs is 2. The number of hydrogen-bond acceptors (Lipinski definition) is 8. The van der Waals surface area contributed by atoms with Gasteiger partial charge in [0.1, 0.15) is 23.7 Å². The lowest BCUT2D eigenvalue weighted by atomic mass is 10.0. The molecule has 4 amide bonds. The molecule has 14 nitrogen and oxygen atoms in total. The summed E-state index contributed by atoms with van der Waals surface area (Å²) in [5, 5.41) is 5.68. The molecule has 0 bridgehead atoms. The lowest BCUT2D eigenvalue weighted by molar-refractivity contribution is -0.136. The minimum Gasteiger partial charge on any atom is -0.453 e. The minimum absolute atomic E-state index is 0.105. The zero-order chi connectivity index (χ0) is 38.5. The van der Waals surface area contributed by atoms with Crippen LogP contribution in [0.5, 0.6) is 0 Å². The molecule has 8 atom stereocenters. The Labute approximate surface area is 323 Å².